The lowest BCUT2D eigenvalue weighted by molar-refractivity contribution is 0.113. The Morgan fingerprint density at radius 3 is 2.57 bits per heavy atom. The molecular formula is C14H19NO4S2. The van der Waals surface area contributed by atoms with Gasteiger partial charge in [0, 0.05) is 17.5 Å². The van der Waals surface area contributed by atoms with E-state index in [0.29, 0.717) is 13.0 Å². The van der Waals surface area contributed by atoms with E-state index in [9.17, 15) is 18.3 Å². The average Bonchev–Trinajstić information content (AvgIpc) is 2.47. The van der Waals surface area contributed by atoms with Crippen LogP contribution in [0.25, 0.3) is 0 Å². The van der Waals surface area contributed by atoms with Gasteiger partial charge in [0.2, 0.25) is 0 Å². The van der Waals surface area contributed by atoms with Gasteiger partial charge in [0.25, 0.3) is 0 Å². The molecule has 0 saturated carbocycles. The van der Waals surface area contributed by atoms with Crippen LogP contribution in [0.5, 0.6) is 0 Å². The molecule has 0 bridgehead atoms. The number of carboxylic acid groups (broad SMARTS) is 1. The molecular weight excluding hydrogens is 310 g/mol. The zero-order valence-corrected chi connectivity index (χ0v) is 13.5. The third-order valence-corrected chi connectivity index (χ3v) is 6.26. The number of hydrogen-bond donors (Lipinski definition) is 1. The summed E-state index contributed by atoms with van der Waals surface area (Å²) < 4.78 is 24.9. The van der Waals surface area contributed by atoms with Crippen LogP contribution >= 0.6 is 11.8 Å². The van der Waals surface area contributed by atoms with Crippen LogP contribution in [0.3, 0.4) is 0 Å². The van der Waals surface area contributed by atoms with Crippen LogP contribution in [0, 0.1) is 0 Å². The van der Waals surface area contributed by atoms with Crippen molar-refractivity contribution in [3.8, 4) is 0 Å². The summed E-state index contributed by atoms with van der Waals surface area (Å²) >= 11 is 1.55. The maximum atomic E-state index is 12.4. The molecule has 7 heteroatoms. The van der Waals surface area contributed by atoms with Gasteiger partial charge >= 0.3 is 6.09 Å². The standard InChI is InChI=1S/C14H19NO4S2/c1-20-12-5-7-13(8-6-12)21(18,19)10-11-4-2-3-9-15(11)14(16)17/h5-8,11H,2-4,9-10H2,1H3,(H,16,17). The van der Waals surface area contributed by atoms with Crippen LogP contribution in [0.15, 0.2) is 34.1 Å². The molecule has 1 aromatic rings. The molecule has 0 spiro atoms. The van der Waals surface area contributed by atoms with Crippen LogP contribution in [0.4, 0.5) is 4.79 Å². The number of likely N-dealkylation sites (tertiary alicyclic amines) is 1. The molecule has 1 heterocycles. The predicted octanol–water partition coefficient (Wildman–Crippen LogP) is 2.71. The smallest absolute Gasteiger partial charge is 0.407 e. The van der Waals surface area contributed by atoms with Gasteiger partial charge in [-0.1, -0.05) is 0 Å². The molecule has 0 aromatic heterocycles. The zero-order chi connectivity index (χ0) is 15.5. The Kier molecular flexibility index (Phi) is 5.16. The Morgan fingerprint density at radius 1 is 1.33 bits per heavy atom. The van der Waals surface area contributed by atoms with E-state index in [0.717, 1.165) is 17.7 Å². The first-order valence-corrected chi connectivity index (χ1v) is 9.68. The monoisotopic (exact) mass is 329 g/mol. The Bertz CT molecular complexity index is 598. The van der Waals surface area contributed by atoms with Gasteiger partial charge < -0.3 is 10.0 Å². The van der Waals surface area contributed by atoms with Crippen molar-refractivity contribution < 1.29 is 18.3 Å². The van der Waals surface area contributed by atoms with Crippen molar-refractivity contribution in [2.45, 2.75) is 35.1 Å². The normalized spacial score (nSPS) is 19.5. The Hall–Kier alpha value is -1.21. The van der Waals surface area contributed by atoms with Gasteiger partial charge in [-0.05, 0) is 49.8 Å². The minimum Gasteiger partial charge on any atom is -0.465 e. The van der Waals surface area contributed by atoms with Crippen molar-refractivity contribution in [1.29, 1.82) is 0 Å². The fraction of sp³-hybridized carbons (Fsp3) is 0.500. The van der Waals surface area contributed by atoms with Crippen molar-refractivity contribution in [3.63, 3.8) is 0 Å². The SMILES string of the molecule is CSc1ccc(S(=O)(=O)CC2CCCCN2C(=O)O)cc1. The number of thioether (sulfide) groups is 1. The van der Waals surface area contributed by atoms with Crippen molar-refractivity contribution in [3.05, 3.63) is 24.3 Å². The second-order valence-corrected chi connectivity index (χ2v) is 8.00. The molecule has 116 valence electrons. The minimum absolute atomic E-state index is 0.141. The zero-order valence-electron chi connectivity index (χ0n) is 11.9. The van der Waals surface area contributed by atoms with Gasteiger partial charge in [-0.3, -0.25) is 0 Å². The molecule has 5 nitrogen and oxygen atoms in total. The largest absolute Gasteiger partial charge is 0.465 e. The highest BCUT2D eigenvalue weighted by Crippen LogP contribution is 2.23. The van der Waals surface area contributed by atoms with Gasteiger partial charge in [-0.25, -0.2) is 13.2 Å². The van der Waals surface area contributed by atoms with E-state index in [1.54, 1.807) is 36.0 Å². The summed E-state index contributed by atoms with van der Waals surface area (Å²) in [7, 11) is -3.47. The second kappa shape index (κ2) is 6.70. The third kappa shape index (κ3) is 3.91. The van der Waals surface area contributed by atoms with Gasteiger partial charge in [-0.2, -0.15) is 0 Å². The van der Waals surface area contributed by atoms with E-state index >= 15 is 0 Å². The minimum atomic E-state index is -3.47. The first kappa shape index (κ1) is 16.2. The lowest BCUT2D eigenvalue weighted by atomic mass is 10.0. The average molecular weight is 329 g/mol. The van der Waals surface area contributed by atoms with Gasteiger partial charge in [-0.15, -0.1) is 11.8 Å². The molecule has 1 atom stereocenters. The summed E-state index contributed by atoms with van der Waals surface area (Å²) in [4.78, 5) is 13.7. The molecule has 21 heavy (non-hydrogen) atoms. The van der Waals surface area contributed by atoms with E-state index < -0.39 is 22.0 Å². The number of amides is 1. The summed E-state index contributed by atoms with van der Waals surface area (Å²) in [5, 5.41) is 9.17. The Balaban J connectivity index is 2.17. The third-order valence-electron chi connectivity index (χ3n) is 3.70. The van der Waals surface area contributed by atoms with Crippen molar-refractivity contribution in [2.24, 2.45) is 0 Å². The fourth-order valence-corrected chi connectivity index (χ4v) is 4.56. The maximum absolute atomic E-state index is 12.4. The molecule has 1 aromatic carbocycles. The molecule has 1 aliphatic rings. The van der Waals surface area contributed by atoms with E-state index in [1.165, 1.54) is 4.90 Å². The number of benzene rings is 1. The summed E-state index contributed by atoms with van der Waals surface area (Å²) in [5.74, 6) is -0.141. The van der Waals surface area contributed by atoms with Crippen LogP contribution in [0.2, 0.25) is 0 Å². The first-order chi connectivity index (χ1) is 9.94. The second-order valence-electron chi connectivity index (χ2n) is 5.08. The van der Waals surface area contributed by atoms with Crippen molar-refractivity contribution >= 4 is 27.7 Å². The lowest BCUT2D eigenvalue weighted by Gasteiger charge is -2.33. The van der Waals surface area contributed by atoms with Crippen LogP contribution in [0.1, 0.15) is 19.3 Å². The summed E-state index contributed by atoms with van der Waals surface area (Å²) in [6.45, 7) is 0.418. The van der Waals surface area contributed by atoms with E-state index in [-0.39, 0.29) is 10.6 Å². The number of piperidine rings is 1. The molecule has 1 amide bonds. The molecule has 1 saturated heterocycles. The van der Waals surface area contributed by atoms with Crippen molar-refractivity contribution in [2.75, 3.05) is 18.6 Å². The first-order valence-electron chi connectivity index (χ1n) is 6.80. The van der Waals surface area contributed by atoms with Crippen molar-refractivity contribution in [1.82, 2.24) is 4.90 Å². The molecule has 1 N–H and O–H groups in total. The van der Waals surface area contributed by atoms with Crippen LogP contribution < -0.4 is 0 Å². The topological polar surface area (TPSA) is 74.7 Å². The Labute approximate surface area is 129 Å². The van der Waals surface area contributed by atoms with Gasteiger partial charge in [0.05, 0.1) is 10.6 Å². The highest BCUT2D eigenvalue weighted by atomic mass is 32.2. The van der Waals surface area contributed by atoms with Crippen LogP contribution in [-0.2, 0) is 9.84 Å². The number of nitrogens with zero attached hydrogens (tertiary/aromatic N) is 1. The number of carbonyl (C=O) groups is 1. The van der Waals surface area contributed by atoms with E-state index in [1.807, 2.05) is 6.26 Å². The molecule has 1 unspecified atom stereocenters. The molecule has 0 radical (unpaired) electrons. The molecule has 0 aliphatic carbocycles. The van der Waals surface area contributed by atoms with Gasteiger partial charge in [0.1, 0.15) is 0 Å². The highest BCUT2D eigenvalue weighted by Gasteiger charge is 2.31. The number of rotatable bonds is 4. The molecule has 1 aliphatic heterocycles. The van der Waals surface area contributed by atoms with E-state index in [4.69, 9.17) is 0 Å². The molecule has 1 fully saturated rings. The Morgan fingerprint density at radius 2 is 2.00 bits per heavy atom. The van der Waals surface area contributed by atoms with Gasteiger partial charge in [0.15, 0.2) is 9.84 Å². The fourth-order valence-electron chi connectivity index (χ4n) is 2.56. The number of sulfone groups is 1. The number of hydrogen-bond acceptors (Lipinski definition) is 4. The lowest BCUT2D eigenvalue weighted by Crippen LogP contribution is -2.46. The summed E-state index contributed by atoms with van der Waals surface area (Å²) in [5.41, 5.74) is 0. The van der Waals surface area contributed by atoms with Crippen LogP contribution in [-0.4, -0.2) is 49.1 Å². The molecule has 2 rings (SSSR count). The van der Waals surface area contributed by atoms with E-state index in [2.05, 4.69) is 0 Å². The quantitative estimate of drug-likeness (QED) is 0.860. The summed E-state index contributed by atoms with van der Waals surface area (Å²) in [6.07, 6.45) is 3.17. The maximum Gasteiger partial charge on any atom is 0.407 e. The predicted molar refractivity (Wildman–Crippen MR) is 82.6 cm³/mol. The summed E-state index contributed by atoms with van der Waals surface area (Å²) in [6, 6.07) is 6.28. The highest BCUT2D eigenvalue weighted by molar-refractivity contribution is 7.98.